The minimum atomic E-state index is -3.66. The van der Waals surface area contributed by atoms with Crippen molar-refractivity contribution in [3.63, 3.8) is 0 Å². The van der Waals surface area contributed by atoms with Crippen molar-refractivity contribution in [2.24, 2.45) is 0 Å². The summed E-state index contributed by atoms with van der Waals surface area (Å²) >= 11 is 1.22. The van der Waals surface area contributed by atoms with Crippen molar-refractivity contribution >= 4 is 38.1 Å². The summed E-state index contributed by atoms with van der Waals surface area (Å²) in [6.07, 6.45) is 2.51. The van der Waals surface area contributed by atoms with Gasteiger partial charge in [-0.25, -0.2) is 13.4 Å². The van der Waals surface area contributed by atoms with Gasteiger partial charge in [-0.3, -0.25) is 9.52 Å². The number of aromatic nitrogens is 1. The van der Waals surface area contributed by atoms with Gasteiger partial charge < -0.3 is 4.90 Å². The van der Waals surface area contributed by atoms with Gasteiger partial charge in [-0.2, -0.15) is 0 Å². The number of nitrogens with one attached hydrogen (secondary N) is 1. The molecule has 0 saturated carbocycles. The number of hydrogen-bond acceptors (Lipinski definition) is 5. The smallest absolute Gasteiger partial charge is 0.263 e. The molecule has 0 saturated heterocycles. The molecule has 1 N–H and O–H groups in total. The van der Waals surface area contributed by atoms with Gasteiger partial charge in [-0.05, 0) is 37.1 Å². The standard InChI is InChI=1S/C14H15N3O3S2/c1-2-17-12-5-4-11(9-10(12)3-6-13(17)18)22(19,20)16-14-15-7-8-21-14/h4-5,7-9H,2-3,6H2,1H3,(H,15,16). The second-order valence-electron chi connectivity index (χ2n) is 4.87. The Morgan fingerprint density at radius 2 is 2.18 bits per heavy atom. The third-order valence-corrected chi connectivity index (χ3v) is 5.69. The molecule has 6 nitrogen and oxygen atoms in total. The number of amides is 1. The molecule has 1 aliphatic heterocycles. The third kappa shape index (κ3) is 2.71. The molecule has 8 heteroatoms. The molecule has 0 fully saturated rings. The normalized spacial score (nSPS) is 14.8. The van der Waals surface area contributed by atoms with Crippen molar-refractivity contribution in [3.8, 4) is 0 Å². The fourth-order valence-corrected chi connectivity index (χ4v) is 4.34. The summed E-state index contributed by atoms with van der Waals surface area (Å²) in [5.41, 5.74) is 1.68. The summed E-state index contributed by atoms with van der Waals surface area (Å²) in [5.74, 6) is 0.0755. The van der Waals surface area contributed by atoms with Gasteiger partial charge in [0, 0.05) is 30.2 Å². The molecule has 0 aliphatic carbocycles. The highest BCUT2D eigenvalue weighted by molar-refractivity contribution is 7.93. The van der Waals surface area contributed by atoms with Crippen molar-refractivity contribution in [1.82, 2.24) is 4.98 Å². The first-order chi connectivity index (χ1) is 10.5. The first kappa shape index (κ1) is 15.0. The number of fused-ring (bicyclic) bond motifs is 1. The van der Waals surface area contributed by atoms with E-state index in [1.54, 1.807) is 28.6 Å². The van der Waals surface area contributed by atoms with E-state index in [2.05, 4.69) is 9.71 Å². The van der Waals surface area contributed by atoms with Crippen LogP contribution in [0, 0.1) is 0 Å². The Balaban J connectivity index is 1.95. The minimum absolute atomic E-state index is 0.0755. The zero-order chi connectivity index (χ0) is 15.7. The Labute approximate surface area is 132 Å². The van der Waals surface area contributed by atoms with E-state index in [1.807, 2.05) is 6.92 Å². The highest BCUT2D eigenvalue weighted by Crippen LogP contribution is 2.30. The SMILES string of the molecule is CCN1C(=O)CCc2cc(S(=O)(=O)Nc3nccs3)ccc21. The van der Waals surface area contributed by atoms with E-state index in [9.17, 15) is 13.2 Å². The van der Waals surface area contributed by atoms with Crippen LogP contribution >= 0.6 is 11.3 Å². The molecule has 1 aromatic heterocycles. The lowest BCUT2D eigenvalue weighted by Crippen LogP contribution is -2.34. The van der Waals surface area contributed by atoms with Crippen molar-refractivity contribution < 1.29 is 13.2 Å². The molecule has 0 unspecified atom stereocenters. The number of rotatable bonds is 4. The van der Waals surface area contributed by atoms with Crippen LogP contribution in [0.25, 0.3) is 0 Å². The maximum Gasteiger partial charge on any atom is 0.263 e. The Bertz CT molecular complexity index is 801. The zero-order valence-electron chi connectivity index (χ0n) is 11.9. The number of thiazole rings is 1. The van der Waals surface area contributed by atoms with Crippen molar-refractivity contribution in [2.75, 3.05) is 16.2 Å². The maximum absolute atomic E-state index is 12.4. The van der Waals surface area contributed by atoms with Gasteiger partial charge in [0.25, 0.3) is 10.0 Å². The largest absolute Gasteiger partial charge is 0.312 e. The monoisotopic (exact) mass is 337 g/mol. The molecule has 0 spiro atoms. The number of aryl methyl sites for hydroxylation is 1. The second-order valence-corrected chi connectivity index (χ2v) is 7.45. The molecule has 1 aromatic carbocycles. The van der Waals surface area contributed by atoms with E-state index in [-0.39, 0.29) is 10.8 Å². The summed E-state index contributed by atoms with van der Waals surface area (Å²) in [6, 6.07) is 4.86. The van der Waals surface area contributed by atoms with Crippen molar-refractivity contribution in [3.05, 3.63) is 35.3 Å². The molecule has 2 heterocycles. The van der Waals surface area contributed by atoms with Crippen LogP contribution in [0.15, 0.2) is 34.7 Å². The fourth-order valence-electron chi connectivity index (χ4n) is 2.50. The molecule has 2 aromatic rings. The maximum atomic E-state index is 12.4. The van der Waals surface area contributed by atoms with Crippen LogP contribution in [0.2, 0.25) is 0 Å². The molecule has 116 valence electrons. The Morgan fingerprint density at radius 1 is 1.36 bits per heavy atom. The molecule has 1 aliphatic rings. The number of sulfonamides is 1. The molecule has 0 bridgehead atoms. The van der Waals surface area contributed by atoms with Crippen LogP contribution < -0.4 is 9.62 Å². The van der Waals surface area contributed by atoms with Crippen molar-refractivity contribution in [1.29, 1.82) is 0 Å². The van der Waals surface area contributed by atoms with Crippen molar-refractivity contribution in [2.45, 2.75) is 24.7 Å². The van der Waals surface area contributed by atoms with E-state index in [0.717, 1.165) is 11.3 Å². The number of benzene rings is 1. The van der Waals surface area contributed by atoms with E-state index in [1.165, 1.54) is 17.4 Å². The van der Waals surface area contributed by atoms with Gasteiger partial charge in [0.2, 0.25) is 5.91 Å². The number of carbonyl (C=O) groups excluding carboxylic acids is 1. The molecule has 0 radical (unpaired) electrons. The lowest BCUT2D eigenvalue weighted by Gasteiger charge is -2.28. The van der Waals surface area contributed by atoms with Gasteiger partial charge in [0.15, 0.2) is 5.13 Å². The van der Waals surface area contributed by atoms with E-state index >= 15 is 0 Å². The highest BCUT2D eigenvalue weighted by Gasteiger charge is 2.25. The average Bonchev–Trinajstić information content (AvgIpc) is 2.99. The number of anilines is 2. The molecular weight excluding hydrogens is 322 g/mol. The number of nitrogens with zero attached hydrogens (tertiary/aromatic N) is 2. The van der Waals surface area contributed by atoms with Gasteiger partial charge >= 0.3 is 0 Å². The zero-order valence-corrected chi connectivity index (χ0v) is 13.6. The van der Waals surface area contributed by atoms with E-state index in [0.29, 0.717) is 24.5 Å². The topological polar surface area (TPSA) is 79.4 Å². The summed E-state index contributed by atoms with van der Waals surface area (Å²) < 4.78 is 27.2. The Hall–Kier alpha value is -1.93. The second kappa shape index (κ2) is 5.69. The fraction of sp³-hybridized carbons (Fsp3) is 0.286. The quantitative estimate of drug-likeness (QED) is 0.928. The highest BCUT2D eigenvalue weighted by atomic mass is 32.2. The van der Waals surface area contributed by atoms with Crippen LogP contribution in [0.5, 0.6) is 0 Å². The summed E-state index contributed by atoms with van der Waals surface area (Å²) in [6.45, 7) is 2.48. The number of carbonyl (C=O) groups is 1. The van der Waals surface area contributed by atoms with E-state index < -0.39 is 10.0 Å². The van der Waals surface area contributed by atoms with Crippen LogP contribution in [-0.4, -0.2) is 25.9 Å². The third-order valence-electron chi connectivity index (χ3n) is 3.53. The summed E-state index contributed by atoms with van der Waals surface area (Å²) in [5, 5.41) is 2.04. The predicted octanol–water partition coefficient (Wildman–Crippen LogP) is 2.24. The number of hydrogen-bond donors (Lipinski definition) is 1. The first-order valence-corrected chi connectivity index (χ1v) is 9.23. The minimum Gasteiger partial charge on any atom is -0.312 e. The van der Waals surface area contributed by atoms with Gasteiger partial charge in [0.05, 0.1) is 4.90 Å². The van der Waals surface area contributed by atoms with Crippen LogP contribution in [0.3, 0.4) is 0 Å². The molecule has 1 amide bonds. The molecule has 3 rings (SSSR count). The average molecular weight is 337 g/mol. The van der Waals surface area contributed by atoms with E-state index in [4.69, 9.17) is 0 Å². The van der Waals surface area contributed by atoms with Crippen LogP contribution in [0.4, 0.5) is 10.8 Å². The summed E-state index contributed by atoms with van der Waals surface area (Å²) in [4.78, 5) is 17.7. The molecular formula is C14H15N3O3S2. The summed E-state index contributed by atoms with van der Waals surface area (Å²) in [7, 11) is -3.66. The Morgan fingerprint density at radius 3 is 2.86 bits per heavy atom. The molecule has 22 heavy (non-hydrogen) atoms. The van der Waals surface area contributed by atoms with Crippen LogP contribution in [-0.2, 0) is 21.2 Å². The lowest BCUT2D eigenvalue weighted by molar-refractivity contribution is -0.118. The van der Waals surface area contributed by atoms with Gasteiger partial charge in [-0.1, -0.05) is 0 Å². The van der Waals surface area contributed by atoms with Gasteiger partial charge in [0.1, 0.15) is 0 Å². The Kier molecular flexibility index (Phi) is 3.88. The lowest BCUT2D eigenvalue weighted by atomic mass is 10.0. The van der Waals surface area contributed by atoms with Crippen LogP contribution in [0.1, 0.15) is 18.9 Å². The molecule has 0 atom stereocenters. The van der Waals surface area contributed by atoms with Gasteiger partial charge in [-0.15, -0.1) is 11.3 Å². The first-order valence-electron chi connectivity index (χ1n) is 6.87. The predicted molar refractivity (Wildman–Crippen MR) is 85.7 cm³/mol.